The molecule has 0 saturated carbocycles. The largest absolute Gasteiger partial charge is 0.284 e. The summed E-state index contributed by atoms with van der Waals surface area (Å²) in [6.07, 6.45) is 3.58. The van der Waals surface area contributed by atoms with Crippen LogP contribution >= 0.6 is 15.9 Å². The molecule has 102 valence electrons. The minimum atomic E-state index is -3.24. The van der Waals surface area contributed by atoms with Gasteiger partial charge in [0.25, 0.3) is 0 Å². The number of nitrogens with one attached hydrogen (secondary N) is 1. The van der Waals surface area contributed by atoms with E-state index in [9.17, 15) is 8.42 Å². The maximum atomic E-state index is 11.5. The first-order valence-corrected chi connectivity index (χ1v) is 8.20. The second-order valence-electron chi connectivity index (χ2n) is 4.06. The van der Waals surface area contributed by atoms with Crippen molar-refractivity contribution in [3.05, 3.63) is 46.7 Å². The predicted octanol–water partition coefficient (Wildman–Crippen LogP) is 2.46. The molecule has 2 rings (SSSR count). The van der Waals surface area contributed by atoms with Gasteiger partial charge in [-0.3, -0.25) is 9.40 Å². The first-order chi connectivity index (χ1) is 8.98. The molecule has 0 bridgehead atoms. The summed E-state index contributed by atoms with van der Waals surface area (Å²) in [6, 6.07) is 7.29. The Bertz CT molecular complexity index is 667. The van der Waals surface area contributed by atoms with Crippen LogP contribution in [0.1, 0.15) is 12.5 Å². The van der Waals surface area contributed by atoms with Gasteiger partial charge in [-0.2, -0.15) is 5.10 Å². The average molecular weight is 344 g/mol. The number of anilines is 1. The molecule has 0 spiro atoms. The van der Waals surface area contributed by atoms with E-state index in [1.807, 2.05) is 24.4 Å². The summed E-state index contributed by atoms with van der Waals surface area (Å²) in [5, 5.41) is 4.16. The van der Waals surface area contributed by atoms with Crippen LogP contribution in [0.5, 0.6) is 0 Å². The smallest absolute Gasteiger partial charge is 0.232 e. The van der Waals surface area contributed by atoms with Gasteiger partial charge in [0.1, 0.15) is 0 Å². The number of hydrogen-bond donors (Lipinski definition) is 1. The van der Waals surface area contributed by atoms with Gasteiger partial charge in [0.15, 0.2) is 0 Å². The molecule has 1 aromatic carbocycles. The summed E-state index contributed by atoms with van der Waals surface area (Å²) in [7, 11) is -3.24. The van der Waals surface area contributed by atoms with E-state index in [-0.39, 0.29) is 5.75 Å². The van der Waals surface area contributed by atoms with Gasteiger partial charge in [-0.1, -0.05) is 12.1 Å². The fourth-order valence-corrected chi connectivity index (χ4v) is 2.56. The van der Waals surface area contributed by atoms with Crippen molar-refractivity contribution in [1.29, 1.82) is 0 Å². The number of aromatic nitrogens is 2. The monoisotopic (exact) mass is 343 g/mol. The fourth-order valence-electron chi connectivity index (χ4n) is 1.60. The summed E-state index contributed by atoms with van der Waals surface area (Å²) >= 11 is 3.33. The molecule has 0 aliphatic heterocycles. The molecular formula is C12H14BrN3O2S. The molecule has 1 heterocycles. The summed E-state index contributed by atoms with van der Waals surface area (Å²) in [4.78, 5) is 0. The van der Waals surface area contributed by atoms with Crippen molar-refractivity contribution >= 4 is 31.6 Å². The highest BCUT2D eigenvalue weighted by Gasteiger charge is 2.07. The maximum absolute atomic E-state index is 11.5. The number of halogens is 1. The molecule has 7 heteroatoms. The first kappa shape index (κ1) is 14.1. The van der Waals surface area contributed by atoms with E-state index < -0.39 is 10.0 Å². The van der Waals surface area contributed by atoms with E-state index in [2.05, 4.69) is 25.8 Å². The van der Waals surface area contributed by atoms with Gasteiger partial charge in [-0.05, 0) is 40.5 Å². The van der Waals surface area contributed by atoms with Crippen molar-refractivity contribution < 1.29 is 8.42 Å². The van der Waals surface area contributed by atoms with Crippen molar-refractivity contribution in [1.82, 2.24) is 9.78 Å². The molecule has 5 nitrogen and oxygen atoms in total. The Labute approximate surface area is 120 Å². The average Bonchev–Trinajstić information content (AvgIpc) is 2.75. The standard InChI is InChI=1S/C12H14BrN3O2S/c1-2-19(17,18)15-12-5-3-4-10(6-12)8-16-9-11(13)7-14-16/h3-7,9,15H,2,8H2,1H3. The third-order valence-electron chi connectivity index (χ3n) is 2.53. The van der Waals surface area contributed by atoms with Gasteiger partial charge in [0, 0.05) is 11.9 Å². The molecular weight excluding hydrogens is 330 g/mol. The third kappa shape index (κ3) is 4.07. The quantitative estimate of drug-likeness (QED) is 0.906. The molecule has 0 saturated heterocycles. The van der Waals surface area contributed by atoms with Crippen LogP contribution in [-0.4, -0.2) is 24.0 Å². The number of rotatable bonds is 5. The Morgan fingerprint density at radius 3 is 2.84 bits per heavy atom. The zero-order valence-electron chi connectivity index (χ0n) is 10.4. The zero-order valence-corrected chi connectivity index (χ0v) is 12.8. The van der Waals surface area contributed by atoms with E-state index in [0.717, 1.165) is 10.0 Å². The van der Waals surface area contributed by atoms with Crippen LogP contribution in [0.2, 0.25) is 0 Å². The van der Waals surface area contributed by atoms with Gasteiger partial charge in [-0.15, -0.1) is 0 Å². The molecule has 2 aromatic rings. The Kier molecular flexibility index (Phi) is 4.26. The van der Waals surface area contributed by atoms with Gasteiger partial charge in [0.2, 0.25) is 10.0 Å². The Balaban J connectivity index is 2.15. The first-order valence-electron chi connectivity index (χ1n) is 5.76. The van der Waals surface area contributed by atoms with Crippen molar-refractivity contribution in [3.8, 4) is 0 Å². The molecule has 1 N–H and O–H groups in total. The summed E-state index contributed by atoms with van der Waals surface area (Å²) in [5.74, 6) is 0.0589. The number of nitrogens with zero attached hydrogens (tertiary/aromatic N) is 2. The minimum absolute atomic E-state index is 0.0589. The number of benzene rings is 1. The highest BCUT2D eigenvalue weighted by molar-refractivity contribution is 9.10. The molecule has 0 fully saturated rings. The van der Waals surface area contributed by atoms with Crippen LogP contribution in [0.4, 0.5) is 5.69 Å². The van der Waals surface area contributed by atoms with E-state index in [1.54, 1.807) is 23.9 Å². The van der Waals surface area contributed by atoms with Crippen LogP contribution in [0.15, 0.2) is 41.1 Å². The van der Waals surface area contributed by atoms with Crippen LogP contribution in [-0.2, 0) is 16.6 Å². The van der Waals surface area contributed by atoms with Gasteiger partial charge in [-0.25, -0.2) is 8.42 Å². The lowest BCUT2D eigenvalue weighted by atomic mass is 10.2. The maximum Gasteiger partial charge on any atom is 0.232 e. The van der Waals surface area contributed by atoms with Crippen molar-refractivity contribution in [2.75, 3.05) is 10.5 Å². The molecule has 0 unspecified atom stereocenters. The van der Waals surface area contributed by atoms with Crippen LogP contribution < -0.4 is 4.72 Å². The molecule has 0 radical (unpaired) electrons. The highest BCUT2D eigenvalue weighted by atomic mass is 79.9. The molecule has 0 amide bonds. The lowest BCUT2D eigenvalue weighted by Crippen LogP contribution is -2.14. The molecule has 0 aliphatic rings. The van der Waals surface area contributed by atoms with Crippen molar-refractivity contribution in [2.45, 2.75) is 13.5 Å². The summed E-state index contributed by atoms with van der Waals surface area (Å²) < 4.78 is 28.2. The van der Waals surface area contributed by atoms with Crippen LogP contribution in [0.25, 0.3) is 0 Å². The van der Waals surface area contributed by atoms with Crippen molar-refractivity contribution in [3.63, 3.8) is 0 Å². The van der Waals surface area contributed by atoms with E-state index in [4.69, 9.17) is 0 Å². The minimum Gasteiger partial charge on any atom is -0.284 e. The van der Waals surface area contributed by atoms with E-state index in [1.165, 1.54) is 0 Å². The topological polar surface area (TPSA) is 64.0 Å². The van der Waals surface area contributed by atoms with Crippen molar-refractivity contribution in [2.24, 2.45) is 0 Å². The Morgan fingerprint density at radius 2 is 2.21 bits per heavy atom. The SMILES string of the molecule is CCS(=O)(=O)Nc1cccc(Cn2cc(Br)cn2)c1. The van der Waals surface area contributed by atoms with Gasteiger partial charge < -0.3 is 0 Å². The zero-order chi connectivity index (χ0) is 13.9. The van der Waals surface area contributed by atoms with Crippen LogP contribution in [0, 0.1) is 0 Å². The van der Waals surface area contributed by atoms with E-state index >= 15 is 0 Å². The van der Waals surface area contributed by atoms with E-state index in [0.29, 0.717) is 12.2 Å². The molecule has 0 atom stereocenters. The van der Waals surface area contributed by atoms with Crippen LogP contribution in [0.3, 0.4) is 0 Å². The predicted molar refractivity (Wildman–Crippen MR) is 78.6 cm³/mol. The third-order valence-corrected chi connectivity index (χ3v) is 4.24. The lowest BCUT2D eigenvalue weighted by Gasteiger charge is -2.08. The lowest BCUT2D eigenvalue weighted by molar-refractivity contribution is 0.602. The molecule has 1 aromatic heterocycles. The second kappa shape index (κ2) is 5.75. The number of hydrogen-bond acceptors (Lipinski definition) is 3. The molecule has 0 aliphatic carbocycles. The highest BCUT2D eigenvalue weighted by Crippen LogP contribution is 2.14. The normalized spacial score (nSPS) is 11.5. The Hall–Kier alpha value is -1.34. The van der Waals surface area contributed by atoms with Gasteiger partial charge >= 0.3 is 0 Å². The fraction of sp³-hybridized carbons (Fsp3) is 0.250. The van der Waals surface area contributed by atoms with Gasteiger partial charge in [0.05, 0.1) is 23.0 Å². The second-order valence-corrected chi connectivity index (χ2v) is 6.99. The summed E-state index contributed by atoms with van der Waals surface area (Å²) in [6.45, 7) is 2.20. The number of sulfonamides is 1. The Morgan fingerprint density at radius 1 is 1.42 bits per heavy atom. The molecule has 19 heavy (non-hydrogen) atoms. The summed E-state index contributed by atoms with van der Waals surface area (Å²) in [5.41, 5.74) is 1.55.